The molecule has 0 radical (unpaired) electrons. The highest BCUT2D eigenvalue weighted by atomic mass is 79.9. The summed E-state index contributed by atoms with van der Waals surface area (Å²) in [7, 11) is 2.77. The zero-order valence-electron chi connectivity index (χ0n) is 15.1. The van der Waals surface area contributed by atoms with Gasteiger partial charge in [0.25, 0.3) is 5.56 Å². The molecule has 27 heavy (non-hydrogen) atoms. The molecule has 1 unspecified atom stereocenters. The highest BCUT2D eigenvalue weighted by Gasteiger charge is 2.26. The zero-order chi connectivity index (χ0) is 19.7. The fourth-order valence-corrected chi connectivity index (χ4v) is 3.39. The van der Waals surface area contributed by atoms with Crippen LogP contribution in [0, 0.1) is 0 Å². The van der Waals surface area contributed by atoms with Gasteiger partial charge in [-0.25, -0.2) is 4.79 Å². The normalized spacial score (nSPS) is 17.8. The number of ketones is 1. The quantitative estimate of drug-likeness (QED) is 0.707. The number of nitrogen functional groups attached to an aromatic ring is 1. The van der Waals surface area contributed by atoms with Crippen molar-refractivity contribution in [2.45, 2.75) is 6.10 Å². The number of nitrogens with zero attached hydrogens (tertiary/aromatic N) is 3. The first-order chi connectivity index (χ1) is 12.8. The molecule has 2 heterocycles. The Kier molecular flexibility index (Phi) is 5.64. The maximum Gasteiger partial charge on any atom is 0.332 e. The SMILES string of the molecule is Cn1c(N)c(C(=O)CN2CCOC(c3ccc(Br)cc3)C2)c(=O)n(C)c1=O. The number of anilines is 1. The van der Waals surface area contributed by atoms with E-state index in [1.54, 1.807) is 0 Å². The Bertz CT molecular complexity index is 981. The average Bonchev–Trinajstić information content (AvgIpc) is 2.66. The number of hydrogen-bond acceptors (Lipinski definition) is 6. The van der Waals surface area contributed by atoms with Crippen molar-refractivity contribution in [3.8, 4) is 0 Å². The Morgan fingerprint density at radius 3 is 2.56 bits per heavy atom. The number of carbonyl (C=O) groups excluding carboxylic acids is 1. The Morgan fingerprint density at radius 1 is 1.22 bits per heavy atom. The second-order valence-corrected chi connectivity index (χ2v) is 7.45. The van der Waals surface area contributed by atoms with E-state index in [1.807, 2.05) is 29.2 Å². The number of aromatic nitrogens is 2. The maximum atomic E-state index is 12.8. The fourth-order valence-electron chi connectivity index (χ4n) is 3.13. The number of hydrogen-bond donors (Lipinski definition) is 1. The lowest BCUT2D eigenvalue weighted by Gasteiger charge is -2.32. The summed E-state index contributed by atoms with van der Waals surface area (Å²) in [5, 5.41) is 0. The molecule has 1 atom stereocenters. The highest BCUT2D eigenvalue weighted by molar-refractivity contribution is 9.10. The van der Waals surface area contributed by atoms with Gasteiger partial charge in [-0.1, -0.05) is 28.1 Å². The van der Waals surface area contributed by atoms with E-state index in [0.717, 1.165) is 19.2 Å². The van der Waals surface area contributed by atoms with E-state index in [4.69, 9.17) is 10.5 Å². The van der Waals surface area contributed by atoms with Crippen molar-refractivity contribution >= 4 is 27.5 Å². The van der Waals surface area contributed by atoms with E-state index >= 15 is 0 Å². The molecule has 2 aromatic rings. The van der Waals surface area contributed by atoms with Crippen molar-refractivity contribution < 1.29 is 9.53 Å². The Labute approximate surface area is 164 Å². The summed E-state index contributed by atoms with van der Waals surface area (Å²) in [5.74, 6) is -0.508. The first-order valence-corrected chi connectivity index (χ1v) is 9.27. The van der Waals surface area contributed by atoms with E-state index in [0.29, 0.717) is 19.7 Å². The summed E-state index contributed by atoms with van der Waals surface area (Å²) < 4.78 is 8.81. The van der Waals surface area contributed by atoms with Crippen LogP contribution in [0.1, 0.15) is 22.0 Å². The van der Waals surface area contributed by atoms with Gasteiger partial charge in [0.15, 0.2) is 5.78 Å². The lowest BCUT2D eigenvalue weighted by atomic mass is 10.1. The first-order valence-electron chi connectivity index (χ1n) is 8.47. The Morgan fingerprint density at radius 2 is 1.89 bits per heavy atom. The second-order valence-electron chi connectivity index (χ2n) is 6.54. The van der Waals surface area contributed by atoms with Gasteiger partial charge in [0, 0.05) is 31.7 Å². The summed E-state index contributed by atoms with van der Waals surface area (Å²) in [5.41, 5.74) is 5.52. The molecule has 1 aromatic carbocycles. The van der Waals surface area contributed by atoms with Gasteiger partial charge in [0.05, 0.1) is 19.3 Å². The molecule has 144 valence electrons. The van der Waals surface area contributed by atoms with Gasteiger partial charge in [-0.15, -0.1) is 0 Å². The van der Waals surface area contributed by atoms with Gasteiger partial charge in [-0.3, -0.25) is 23.6 Å². The highest BCUT2D eigenvalue weighted by Crippen LogP contribution is 2.24. The maximum absolute atomic E-state index is 12.8. The molecule has 1 aliphatic heterocycles. The fraction of sp³-hybridized carbons (Fsp3) is 0.389. The minimum atomic E-state index is -0.668. The van der Waals surface area contributed by atoms with Crippen LogP contribution < -0.4 is 17.0 Å². The van der Waals surface area contributed by atoms with Gasteiger partial charge in [0.2, 0.25) is 0 Å². The third-order valence-corrected chi connectivity index (χ3v) is 5.28. The molecule has 1 fully saturated rings. The molecular weight excluding hydrogens is 416 g/mol. The van der Waals surface area contributed by atoms with Crippen LogP contribution in [0.5, 0.6) is 0 Å². The van der Waals surface area contributed by atoms with Crippen LogP contribution in [0.25, 0.3) is 0 Å². The third-order valence-electron chi connectivity index (χ3n) is 4.75. The molecule has 1 aliphatic rings. The number of nitrogens with two attached hydrogens (primary N) is 1. The van der Waals surface area contributed by atoms with Crippen LogP contribution in [0.4, 0.5) is 5.82 Å². The monoisotopic (exact) mass is 436 g/mol. The predicted octanol–water partition coefficient (Wildman–Crippen LogP) is 0.685. The van der Waals surface area contributed by atoms with Crippen molar-refractivity contribution in [3.63, 3.8) is 0 Å². The van der Waals surface area contributed by atoms with Crippen molar-refractivity contribution in [2.75, 3.05) is 32.0 Å². The van der Waals surface area contributed by atoms with Gasteiger partial charge in [-0.05, 0) is 17.7 Å². The van der Waals surface area contributed by atoms with Crippen LogP contribution >= 0.6 is 15.9 Å². The van der Waals surface area contributed by atoms with Gasteiger partial charge < -0.3 is 10.5 Å². The summed E-state index contributed by atoms with van der Waals surface area (Å²) in [6.45, 7) is 1.62. The van der Waals surface area contributed by atoms with Crippen LogP contribution in [0.15, 0.2) is 38.3 Å². The zero-order valence-corrected chi connectivity index (χ0v) is 16.7. The first kappa shape index (κ1) is 19.5. The number of rotatable bonds is 4. The van der Waals surface area contributed by atoms with Crippen molar-refractivity contribution in [1.82, 2.24) is 14.0 Å². The summed E-state index contributed by atoms with van der Waals surface area (Å²) in [4.78, 5) is 39.0. The molecular formula is C18H21BrN4O4. The molecule has 2 N–H and O–H groups in total. The number of carbonyl (C=O) groups is 1. The lowest BCUT2D eigenvalue weighted by molar-refractivity contribution is -0.0275. The largest absolute Gasteiger partial charge is 0.384 e. The molecule has 3 rings (SSSR count). The average molecular weight is 437 g/mol. The number of halogens is 1. The van der Waals surface area contributed by atoms with Crippen LogP contribution in [-0.2, 0) is 18.8 Å². The standard InChI is InChI=1S/C18H21BrN4O4/c1-21-16(20)15(17(25)22(2)18(21)26)13(24)9-23-7-8-27-14(10-23)11-3-5-12(19)6-4-11/h3-6,14H,7-10,20H2,1-2H3. The topological polar surface area (TPSA) is 99.6 Å². The van der Waals surface area contributed by atoms with E-state index in [-0.39, 0.29) is 24.0 Å². The summed E-state index contributed by atoms with van der Waals surface area (Å²) in [6, 6.07) is 7.83. The number of ether oxygens (including phenoxy) is 1. The second kappa shape index (κ2) is 7.79. The lowest BCUT2D eigenvalue weighted by Crippen LogP contribution is -2.45. The van der Waals surface area contributed by atoms with Crippen molar-refractivity contribution in [2.24, 2.45) is 14.1 Å². The smallest absolute Gasteiger partial charge is 0.332 e. The van der Waals surface area contributed by atoms with E-state index in [1.165, 1.54) is 14.1 Å². The van der Waals surface area contributed by atoms with Gasteiger partial charge in [-0.2, -0.15) is 0 Å². The molecule has 0 bridgehead atoms. The van der Waals surface area contributed by atoms with E-state index < -0.39 is 17.0 Å². The van der Waals surface area contributed by atoms with Crippen LogP contribution in [0.2, 0.25) is 0 Å². The summed E-state index contributed by atoms with van der Waals surface area (Å²) >= 11 is 3.41. The molecule has 8 nitrogen and oxygen atoms in total. The number of benzene rings is 1. The van der Waals surface area contributed by atoms with Crippen LogP contribution in [0.3, 0.4) is 0 Å². The third kappa shape index (κ3) is 3.90. The molecule has 1 saturated heterocycles. The minimum absolute atomic E-state index is 0.0357. The molecule has 1 aromatic heterocycles. The van der Waals surface area contributed by atoms with E-state index in [9.17, 15) is 14.4 Å². The van der Waals surface area contributed by atoms with Gasteiger partial charge in [0.1, 0.15) is 11.4 Å². The van der Waals surface area contributed by atoms with Crippen molar-refractivity contribution in [3.05, 3.63) is 60.7 Å². The summed E-state index contributed by atoms with van der Waals surface area (Å²) in [6.07, 6.45) is -0.153. The number of morpholine rings is 1. The van der Waals surface area contributed by atoms with Crippen LogP contribution in [-0.4, -0.2) is 46.1 Å². The Balaban J connectivity index is 1.79. The predicted molar refractivity (Wildman–Crippen MR) is 105 cm³/mol. The van der Waals surface area contributed by atoms with E-state index in [2.05, 4.69) is 15.9 Å². The molecule has 0 aliphatic carbocycles. The Hall–Kier alpha value is -2.23. The van der Waals surface area contributed by atoms with Crippen molar-refractivity contribution in [1.29, 1.82) is 0 Å². The molecule has 0 saturated carbocycles. The molecule has 0 amide bonds. The molecule has 0 spiro atoms. The number of Topliss-reactive ketones (excluding diaryl/α,β-unsaturated/α-hetero) is 1. The minimum Gasteiger partial charge on any atom is -0.384 e. The molecule has 9 heteroatoms. The van der Waals surface area contributed by atoms with Gasteiger partial charge >= 0.3 is 5.69 Å².